The van der Waals surface area contributed by atoms with Gasteiger partial charge in [0.25, 0.3) is 0 Å². The van der Waals surface area contributed by atoms with Crippen LogP contribution < -0.4 is 0 Å². The molecule has 0 amide bonds. The van der Waals surface area contributed by atoms with E-state index < -0.39 is 0 Å². The second-order valence-electron chi connectivity index (χ2n) is 3.39. The average Bonchev–Trinajstić information content (AvgIpc) is 2.03. The molecular weight excluding hydrogens is 134 g/mol. The molecule has 0 radical (unpaired) electrons. The summed E-state index contributed by atoms with van der Waals surface area (Å²) in [5, 5.41) is 0. The summed E-state index contributed by atoms with van der Waals surface area (Å²) in [5.41, 5.74) is 1.08. The maximum absolute atomic E-state index is 3.94. The minimum atomic E-state index is 0.820. The van der Waals surface area contributed by atoms with Crippen LogP contribution in [0.15, 0.2) is 24.9 Å². The van der Waals surface area contributed by atoms with Gasteiger partial charge in [0, 0.05) is 18.8 Å². The van der Waals surface area contributed by atoms with E-state index in [-0.39, 0.29) is 0 Å². The Balaban J connectivity index is 2.45. The lowest BCUT2D eigenvalue weighted by Gasteiger charge is -2.32. The predicted octanol–water partition coefficient (Wildman–Crippen LogP) is 2.42. The Hall–Kier alpha value is -0.720. The fourth-order valence-electron chi connectivity index (χ4n) is 1.58. The minimum Gasteiger partial charge on any atom is -0.372 e. The zero-order valence-electron chi connectivity index (χ0n) is 7.34. The van der Waals surface area contributed by atoms with Gasteiger partial charge in [-0.05, 0) is 24.8 Å². The van der Waals surface area contributed by atoms with Crippen molar-refractivity contribution in [1.29, 1.82) is 0 Å². The van der Waals surface area contributed by atoms with Crippen LogP contribution in [-0.2, 0) is 0 Å². The maximum atomic E-state index is 3.94. The van der Waals surface area contributed by atoms with Gasteiger partial charge in [-0.1, -0.05) is 20.1 Å². The number of hydrogen-bond acceptors (Lipinski definition) is 1. The number of rotatable bonds is 2. The molecule has 0 N–H and O–H groups in total. The molecule has 0 bridgehead atoms. The summed E-state index contributed by atoms with van der Waals surface area (Å²) in [6.07, 6.45) is 4.51. The Labute approximate surface area is 69.4 Å². The van der Waals surface area contributed by atoms with Crippen LogP contribution in [0, 0.1) is 5.92 Å². The lowest BCUT2D eigenvalue weighted by molar-refractivity contribution is 0.236. The van der Waals surface area contributed by atoms with Crippen molar-refractivity contribution in [3.63, 3.8) is 0 Å². The molecule has 0 aromatic rings. The first kappa shape index (κ1) is 8.38. The first-order valence-corrected chi connectivity index (χ1v) is 4.30. The third kappa shape index (κ3) is 2.11. The summed E-state index contributed by atoms with van der Waals surface area (Å²) in [4.78, 5) is 2.32. The van der Waals surface area contributed by atoms with E-state index in [0.717, 1.165) is 24.7 Å². The van der Waals surface area contributed by atoms with Crippen LogP contribution in [-0.4, -0.2) is 18.0 Å². The van der Waals surface area contributed by atoms with Gasteiger partial charge in [0.2, 0.25) is 0 Å². The van der Waals surface area contributed by atoms with Crippen LogP contribution in [0.5, 0.6) is 0 Å². The fourth-order valence-corrected chi connectivity index (χ4v) is 1.58. The molecule has 1 heteroatoms. The number of hydrogen-bond donors (Lipinski definition) is 0. The molecule has 1 heterocycles. The molecule has 1 fully saturated rings. The van der Waals surface area contributed by atoms with E-state index in [9.17, 15) is 0 Å². The van der Waals surface area contributed by atoms with Gasteiger partial charge >= 0.3 is 0 Å². The van der Waals surface area contributed by atoms with Crippen molar-refractivity contribution >= 4 is 0 Å². The molecule has 0 spiro atoms. The quantitative estimate of drug-likeness (QED) is 0.548. The predicted molar refractivity (Wildman–Crippen MR) is 49.3 cm³/mol. The molecule has 0 aromatic carbocycles. The smallest absolute Gasteiger partial charge is 0.0287 e. The van der Waals surface area contributed by atoms with E-state index in [1.165, 1.54) is 12.8 Å². The van der Waals surface area contributed by atoms with Crippen molar-refractivity contribution in [2.24, 2.45) is 5.92 Å². The van der Waals surface area contributed by atoms with Crippen molar-refractivity contribution in [3.8, 4) is 0 Å². The summed E-state index contributed by atoms with van der Waals surface area (Å²) in [6, 6.07) is 0. The largest absolute Gasteiger partial charge is 0.372 e. The van der Waals surface area contributed by atoms with E-state index in [1.54, 1.807) is 0 Å². The van der Waals surface area contributed by atoms with E-state index >= 15 is 0 Å². The second-order valence-corrected chi connectivity index (χ2v) is 3.39. The van der Waals surface area contributed by atoms with Gasteiger partial charge in [-0.15, -0.1) is 0 Å². The molecule has 1 saturated heterocycles. The van der Waals surface area contributed by atoms with Gasteiger partial charge in [-0.3, -0.25) is 0 Å². The monoisotopic (exact) mass is 151 g/mol. The van der Waals surface area contributed by atoms with Gasteiger partial charge in [-0.25, -0.2) is 0 Å². The maximum Gasteiger partial charge on any atom is 0.0287 e. The van der Waals surface area contributed by atoms with E-state index in [4.69, 9.17) is 0 Å². The molecule has 0 aromatic heterocycles. The molecule has 1 aliphatic heterocycles. The van der Waals surface area contributed by atoms with Crippen molar-refractivity contribution in [2.45, 2.75) is 19.8 Å². The molecule has 11 heavy (non-hydrogen) atoms. The van der Waals surface area contributed by atoms with Gasteiger partial charge in [0.1, 0.15) is 0 Å². The Morgan fingerprint density at radius 1 is 1.64 bits per heavy atom. The summed E-state index contributed by atoms with van der Waals surface area (Å²) in [7, 11) is 0. The van der Waals surface area contributed by atoms with Crippen LogP contribution in [0.25, 0.3) is 0 Å². The molecule has 1 nitrogen and oxygen atoms in total. The van der Waals surface area contributed by atoms with Crippen LogP contribution in [0.2, 0.25) is 0 Å². The van der Waals surface area contributed by atoms with Crippen LogP contribution in [0.1, 0.15) is 19.8 Å². The molecule has 0 unspecified atom stereocenters. The third-order valence-electron chi connectivity index (χ3n) is 2.30. The Morgan fingerprint density at radius 2 is 2.36 bits per heavy atom. The summed E-state index contributed by atoms with van der Waals surface area (Å²) in [5.74, 6) is 0.820. The third-order valence-corrected chi connectivity index (χ3v) is 2.30. The van der Waals surface area contributed by atoms with Crippen LogP contribution in [0.4, 0.5) is 0 Å². The highest BCUT2D eigenvalue weighted by Gasteiger charge is 2.15. The number of likely N-dealkylation sites (tertiary alicyclic amines) is 1. The lowest BCUT2D eigenvalue weighted by Crippen LogP contribution is -2.32. The molecule has 62 valence electrons. The molecule has 1 rings (SSSR count). The molecule has 0 aliphatic carbocycles. The van der Waals surface area contributed by atoms with Crippen LogP contribution in [0.3, 0.4) is 0 Å². The first-order valence-electron chi connectivity index (χ1n) is 4.30. The zero-order chi connectivity index (χ0) is 8.27. The Morgan fingerprint density at radius 3 is 2.91 bits per heavy atom. The second kappa shape index (κ2) is 3.61. The van der Waals surface area contributed by atoms with Crippen molar-refractivity contribution in [1.82, 2.24) is 4.90 Å². The molecule has 0 saturated carbocycles. The fraction of sp³-hybridized carbons (Fsp3) is 0.600. The normalized spacial score (nSPS) is 24.8. The summed E-state index contributed by atoms with van der Waals surface area (Å²) >= 11 is 0. The van der Waals surface area contributed by atoms with Crippen LogP contribution >= 0.6 is 0 Å². The van der Waals surface area contributed by atoms with E-state index in [1.807, 2.05) is 6.08 Å². The highest BCUT2D eigenvalue weighted by molar-refractivity contribution is 5.10. The first-order chi connectivity index (χ1) is 5.24. The zero-order valence-corrected chi connectivity index (χ0v) is 7.34. The number of piperidine rings is 1. The van der Waals surface area contributed by atoms with E-state index in [0.29, 0.717) is 0 Å². The summed E-state index contributed by atoms with van der Waals surface area (Å²) < 4.78 is 0. The Kier molecular flexibility index (Phi) is 2.75. The molecule has 1 atom stereocenters. The number of allylic oxidation sites excluding steroid dienone is 1. The minimum absolute atomic E-state index is 0.820. The van der Waals surface area contributed by atoms with Crippen molar-refractivity contribution < 1.29 is 0 Å². The Bertz CT molecular complexity index is 160. The van der Waals surface area contributed by atoms with Crippen molar-refractivity contribution in [3.05, 3.63) is 24.9 Å². The topological polar surface area (TPSA) is 3.24 Å². The number of nitrogens with zero attached hydrogens (tertiary/aromatic N) is 1. The highest BCUT2D eigenvalue weighted by atomic mass is 15.1. The lowest BCUT2D eigenvalue weighted by atomic mass is 10.00. The van der Waals surface area contributed by atoms with Crippen molar-refractivity contribution in [2.75, 3.05) is 13.1 Å². The summed E-state index contributed by atoms with van der Waals surface area (Å²) in [6.45, 7) is 12.3. The SMILES string of the molecule is C=CC(=C)N1CCC[C@@H](C)C1. The average molecular weight is 151 g/mol. The van der Waals surface area contributed by atoms with Gasteiger partial charge in [0.05, 0.1) is 0 Å². The highest BCUT2D eigenvalue weighted by Crippen LogP contribution is 2.18. The van der Waals surface area contributed by atoms with E-state index in [2.05, 4.69) is 25.0 Å². The van der Waals surface area contributed by atoms with Gasteiger partial charge in [0.15, 0.2) is 0 Å². The standard InChI is InChI=1S/C10H17N/c1-4-10(3)11-7-5-6-9(2)8-11/h4,9H,1,3,5-8H2,2H3/t9-/m1/s1. The molecule has 1 aliphatic rings. The van der Waals surface area contributed by atoms with Gasteiger partial charge < -0.3 is 4.90 Å². The molecular formula is C10H17N. The van der Waals surface area contributed by atoms with Gasteiger partial charge in [-0.2, -0.15) is 0 Å².